The molecule has 1 aromatic carbocycles. The fourth-order valence-electron chi connectivity index (χ4n) is 3.27. The van der Waals surface area contributed by atoms with Crippen LogP contribution in [-0.2, 0) is 4.79 Å². The molecule has 0 radical (unpaired) electrons. The number of aliphatic imine (C=N–C) groups is 1. The maximum Gasteiger partial charge on any atom is 0.263 e. The Hall–Kier alpha value is -2.60. The van der Waals surface area contributed by atoms with Crippen LogP contribution in [0.2, 0.25) is 0 Å². The maximum absolute atomic E-state index is 12.5. The van der Waals surface area contributed by atoms with Gasteiger partial charge in [-0.05, 0) is 30.9 Å². The number of hydrogen-bond acceptors (Lipinski definition) is 5. The lowest BCUT2D eigenvalue weighted by molar-refractivity contribution is -0.117. The van der Waals surface area contributed by atoms with E-state index in [2.05, 4.69) is 27.4 Å². The van der Waals surface area contributed by atoms with Gasteiger partial charge in [-0.3, -0.25) is 14.8 Å². The van der Waals surface area contributed by atoms with Gasteiger partial charge in [-0.2, -0.15) is 0 Å². The lowest BCUT2D eigenvalue weighted by Gasteiger charge is -2.19. The zero-order valence-corrected chi connectivity index (χ0v) is 16.9. The standard InChI is InChI=1S/C22H25N3O2S/c1-16(26)8-4-2-7-11-19(25-22(27)21-14-23-15-28-21)20-12-18(13-24-20)17-9-5-3-6-10-17/h3,5-6,9-10,13-15,19H,2,4,7-8,11-12H2,1H3,(H,25,27)/t19-/m0/s1. The first kappa shape index (κ1) is 20.1. The van der Waals surface area contributed by atoms with Crippen LogP contribution in [0.25, 0.3) is 5.57 Å². The number of thiazole rings is 1. The summed E-state index contributed by atoms with van der Waals surface area (Å²) in [6.07, 6.45) is 8.49. The Balaban J connectivity index is 1.61. The highest BCUT2D eigenvalue weighted by molar-refractivity contribution is 7.11. The van der Waals surface area contributed by atoms with Crippen LogP contribution in [0.1, 0.15) is 60.7 Å². The van der Waals surface area contributed by atoms with Crippen LogP contribution in [0.4, 0.5) is 0 Å². The minimum Gasteiger partial charge on any atom is -0.343 e. The third-order valence-corrected chi connectivity index (χ3v) is 5.56. The van der Waals surface area contributed by atoms with Crippen LogP contribution >= 0.6 is 11.3 Å². The van der Waals surface area contributed by atoms with Gasteiger partial charge in [0.25, 0.3) is 5.91 Å². The number of unbranched alkanes of at least 4 members (excludes halogenated alkanes) is 2. The number of rotatable bonds is 10. The Morgan fingerprint density at radius 3 is 2.71 bits per heavy atom. The van der Waals surface area contributed by atoms with Crippen LogP contribution in [0.15, 0.2) is 53.2 Å². The quantitative estimate of drug-likeness (QED) is 0.594. The second-order valence-electron chi connectivity index (χ2n) is 7.01. The molecular weight excluding hydrogens is 370 g/mol. The molecular formula is C22H25N3O2S. The van der Waals surface area contributed by atoms with Crippen LogP contribution in [0.5, 0.6) is 0 Å². The molecule has 2 heterocycles. The van der Waals surface area contributed by atoms with E-state index in [9.17, 15) is 9.59 Å². The van der Waals surface area contributed by atoms with Crippen molar-refractivity contribution in [2.45, 2.75) is 51.5 Å². The first-order valence-corrected chi connectivity index (χ1v) is 10.5. The van der Waals surface area contributed by atoms with E-state index in [1.165, 1.54) is 16.9 Å². The Labute approximate surface area is 169 Å². The molecule has 1 amide bonds. The number of nitrogens with zero attached hydrogens (tertiary/aromatic N) is 2. The predicted octanol–water partition coefficient (Wildman–Crippen LogP) is 4.67. The summed E-state index contributed by atoms with van der Waals surface area (Å²) in [7, 11) is 0. The van der Waals surface area contributed by atoms with E-state index in [-0.39, 0.29) is 17.7 Å². The van der Waals surface area contributed by atoms with Crippen molar-refractivity contribution >= 4 is 34.3 Å². The third-order valence-electron chi connectivity index (χ3n) is 4.79. The minimum atomic E-state index is -0.107. The molecule has 0 bridgehead atoms. The molecule has 1 atom stereocenters. The van der Waals surface area contributed by atoms with Crippen LogP contribution in [0, 0.1) is 0 Å². The summed E-state index contributed by atoms with van der Waals surface area (Å²) in [5, 5.41) is 3.13. The average molecular weight is 396 g/mol. The fraction of sp³-hybridized carbons (Fsp3) is 0.364. The number of nitrogens with one attached hydrogen (secondary N) is 1. The summed E-state index contributed by atoms with van der Waals surface area (Å²) in [6.45, 7) is 1.63. The fourth-order valence-corrected chi connectivity index (χ4v) is 3.79. The van der Waals surface area contributed by atoms with Crippen LogP contribution < -0.4 is 5.32 Å². The van der Waals surface area contributed by atoms with Crippen molar-refractivity contribution in [3.05, 3.63) is 58.7 Å². The Kier molecular flexibility index (Phi) is 7.25. The molecule has 1 aromatic heterocycles. The number of Topliss-reactive ketones (excluding diaryl/α,β-unsaturated/α-hetero) is 1. The molecule has 5 nitrogen and oxygen atoms in total. The van der Waals surface area contributed by atoms with E-state index in [0.29, 0.717) is 11.3 Å². The van der Waals surface area contributed by atoms with E-state index in [4.69, 9.17) is 0 Å². The van der Waals surface area contributed by atoms with Crippen LogP contribution in [0.3, 0.4) is 0 Å². The number of ketones is 1. The van der Waals surface area contributed by atoms with E-state index in [0.717, 1.165) is 43.4 Å². The molecule has 1 N–H and O–H groups in total. The average Bonchev–Trinajstić information content (AvgIpc) is 3.39. The van der Waals surface area contributed by atoms with Crippen molar-refractivity contribution < 1.29 is 9.59 Å². The molecule has 1 aliphatic rings. The monoisotopic (exact) mass is 395 g/mol. The molecule has 1 aliphatic heterocycles. The van der Waals surface area contributed by atoms with Gasteiger partial charge in [-0.1, -0.05) is 43.2 Å². The summed E-state index contributed by atoms with van der Waals surface area (Å²) in [5.74, 6) is 0.124. The zero-order chi connectivity index (χ0) is 19.8. The Bertz CT molecular complexity index is 857. The topological polar surface area (TPSA) is 71.4 Å². The van der Waals surface area contributed by atoms with Crippen molar-refractivity contribution in [3.8, 4) is 0 Å². The highest BCUT2D eigenvalue weighted by Gasteiger charge is 2.23. The van der Waals surface area contributed by atoms with E-state index >= 15 is 0 Å². The van der Waals surface area contributed by atoms with Crippen molar-refractivity contribution in [2.75, 3.05) is 0 Å². The van der Waals surface area contributed by atoms with E-state index in [1.807, 2.05) is 24.4 Å². The molecule has 2 aromatic rings. The van der Waals surface area contributed by atoms with Gasteiger partial charge in [-0.25, -0.2) is 0 Å². The molecule has 0 aliphatic carbocycles. The van der Waals surface area contributed by atoms with Crippen molar-refractivity contribution in [1.82, 2.24) is 10.3 Å². The number of carbonyl (C=O) groups is 2. The molecule has 146 valence electrons. The smallest absolute Gasteiger partial charge is 0.263 e. The van der Waals surface area contributed by atoms with Crippen LogP contribution in [-0.4, -0.2) is 28.4 Å². The van der Waals surface area contributed by atoms with Gasteiger partial charge in [0, 0.05) is 24.8 Å². The summed E-state index contributed by atoms with van der Waals surface area (Å²) < 4.78 is 0. The molecule has 3 rings (SSSR count). The van der Waals surface area contributed by atoms with Gasteiger partial charge in [0.1, 0.15) is 10.7 Å². The van der Waals surface area contributed by atoms with Gasteiger partial charge < -0.3 is 10.1 Å². The normalized spacial score (nSPS) is 14.3. The molecule has 0 spiro atoms. The summed E-state index contributed by atoms with van der Waals surface area (Å²) >= 11 is 1.33. The van der Waals surface area contributed by atoms with Gasteiger partial charge in [0.2, 0.25) is 0 Å². The largest absolute Gasteiger partial charge is 0.343 e. The second-order valence-corrected chi connectivity index (χ2v) is 7.90. The highest BCUT2D eigenvalue weighted by atomic mass is 32.1. The van der Waals surface area contributed by atoms with Gasteiger partial charge in [0.15, 0.2) is 0 Å². The predicted molar refractivity (Wildman–Crippen MR) is 114 cm³/mol. The number of allylic oxidation sites excluding steroid dienone is 1. The first-order chi connectivity index (χ1) is 13.6. The number of benzene rings is 1. The van der Waals surface area contributed by atoms with E-state index in [1.54, 1.807) is 18.6 Å². The first-order valence-electron chi connectivity index (χ1n) is 9.63. The number of amides is 1. The van der Waals surface area contributed by atoms with Crippen molar-refractivity contribution in [1.29, 1.82) is 0 Å². The maximum atomic E-state index is 12.5. The molecule has 0 fully saturated rings. The van der Waals surface area contributed by atoms with E-state index < -0.39 is 0 Å². The van der Waals surface area contributed by atoms with Gasteiger partial charge in [-0.15, -0.1) is 11.3 Å². The molecule has 6 heteroatoms. The Morgan fingerprint density at radius 1 is 1.18 bits per heavy atom. The number of hydrogen-bond donors (Lipinski definition) is 1. The summed E-state index contributed by atoms with van der Waals surface area (Å²) in [5.41, 5.74) is 4.98. The lowest BCUT2D eigenvalue weighted by Crippen LogP contribution is -2.40. The SMILES string of the molecule is CC(=O)CCCCC[C@H](NC(=O)c1cncs1)C1=NC=C(c2ccccc2)C1. The summed E-state index contributed by atoms with van der Waals surface area (Å²) in [6, 6.07) is 10.1. The number of aromatic nitrogens is 1. The Morgan fingerprint density at radius 2 is 2.00 bits per heavy atom. The third kappa shape index (κ3) is 5.70. The second kappa shape index (κ2) is 10.1. The van der Waals surface area contributed by atoms with Gasteiger partial charge >= 0.3 is 0 Å². The highest BCUT2D eigenvalue weighted by Crippen LogP contribution is 2.26. The number of carbonyl (C=O) groups excluding carboxylic acids is 2. The van der Waals surface area contributed by atoms with Crippen molar-refractivity contribution in [3.63, 3.8) is 0 Å². The van der Waals surface area contributed by atoms with Crippen molar-refractivity contribution in [2.24, 2.45) is 4.99 Å². The molecule has 0 saturated carbocycles. The lowest BCUT2D eigenvalue weighted by atomic mass is 9.96. The van der Waals surface area contributed by atoms with Gasteiger partial charge in [0.05, 0.1) is 17.7 Å². The minimum absolute atomic E-state index is 0.105. The molecule has 0 saturated heterocycles. The molecule has 0 unspecified atom stereocenters. The molecule has 28 heavy (non-hydrogen) atoms. The zero-order valence-electron chi connectivity index (χ0n) is 16.1. The summed E-state index contributed by atoms with van der Waals surface area (Å²) in [4.78, 5) is 32.9.